The van der Waals surface area contributed by atoms with Crippen molar-refractivity contribution in [3.05, 3.63) is 101 Å². The first-order valence-corrected chi connectivity index (χ1v) is 11.7. The normalized spacial score (nSPS) is 12.5. The molecule has 32 heavy (non-hydrogen) atoms. The molecule has 6 rings (SSSR count). The van der Waals surface area contributed by atoms with Gasteiger partial charge in [-0.05, 0) is 57.0 Å². The maximum atomic E-state index is 11.0. The monoisotopic (exact) mass is 500 g/mol. The topological polar surface area (TPSA) is 62.5 Å². The van der Waals surface area contributed by atoms with Gasteiger partial charge < -0.3 is 14.8 Å². The Morgan fingerprint density at radius 1 is 0.969 bits per heavy atom. The molecular weight excluding hydrogens is 484 g/mol. The van der Waals surface area contributed by atoms with Gasteiger partial charge in [0.15, 0.2) is 5.13 Å². The number of fused-ring (bicyclic) bond motifs is 3. The molecule has 0 fully saturated rings. The van der Waals surface area contributed by atoms with Crippen molar-refractivity contribution >= 4 is 59.0 Å². The quantitative estimate of drug-likeness (QED) is 0.280. The number of anilines is 1. The van der Waals surface area contributed by atoms with E-state index in [4.69, 9.17) is 4.98 Å². The molecular formula is C25H17BrN4OS. The molecule has 1 atom stereocenters. The van der Waals surface area contributed by atoms with E-state index >= 15 is 0 Å². The standard InChI is InChI=1S/C25H17BrN4OS/c26-16-10-12-22-27-13-19(30(22)14-16)24(29-25-28-18-7-3-4-8-21(18)32-25)23-17-6-2-1-5-15(17)9-11-20(23)31/h1-14,24,31H,(H,28,29). The summed E-state index contributed by atoms with van der Waals surface area (Å²) in [6.45, 7) is 0. The number of para-hydroxylation sites is 1. The first-order valence-electron chi connectivity index (χ1n) is 10.1. The Morgan fingerprint density at radius 2 is 1.81 bits per heavy atom. The van der Waals surface area contributed by atoms with E-state index in [0.717, 1.165) is 47.5 Å². The third-order valence-corrected chi connectivity index (χ3v) is 7.03. The van der Waals surface area contributed by atoms with Crippen LogP contribution in [0, 0.1) is 0 Å². The van der Waals surface area contributed by atoms with E-state index in [9.17, 15) is 5.11 Å². The zero-order valence-corrected chi connectivity index (χ0v) is 19.1. The van der Waals surface area contributed by atoms with E-state index in [0.29, 0.717) is 0 Å². The predicted octanol–water partition coefficient (Wildman–Crippen LogP) is 6.77. The van der Waals surface area contributed by atoms with Crippen LogP contribution in [-0.4, -0.2) is 19.5 Å². The van der Waals surface area contributed by atoms with Crippen molar-refractivity contribution in [3.63, 3.8) is 0 Å². The fourth-order valence-corrected chi connectivity index (χ4v) is 5.36. The average Bonchev–Trinajstić information content (AvgIpc) is 3.41. The van der Waals surface area contributed by atoms with Crippen LogP contribution in [0.4, 0.5) is 5.13 Å². The van der Waals surface area contributed by atoms with Crippen molar-refractivity contribution in [2.75, 3.05) is 5.32 Å². The highest BCUT2D eigenvalue weighted by atomic mass is 79.9. The third kappa shape index (κ3) is 3.21. The summed E-state index contributed by atoms with van der Waals surface area (Å²) in [6, 6.07) is 23.4. The molecule has 0 spiro atoms. The van der Waals surface area contributed by atoms with Gasteiger partial charge in [0.05, 0.1) is 22.1 Å². The Bertz CT molecular complexity index is 1570. The number of phenols is 1. The number of pyridine rings is 1. The van der Waals surface area contributed by atoms with Crippen molar-refractivity contribution in [1.29, 1.82) is 0 Å². The number of nitrogens with one attached hydrogen (secondary N) is 1. The molecule has 0 aliphatic carbocycles. The smallest absolute Gasteiger partial charge is 0.184 e. The fourth-order valence-electron chi connectivity index (χ4n) is 4.13. The highest BCUT2D eigenvalue weighted by Crippen LogP contribution is 2.39. The molecule has 3 aromatic heterocycles. The van der Waals surface area contributed by atoms with Crippen LogP contribution in [0.2, 0.25) is 0 Å². The average molecular weight is 501 g/mol. The number of hydrogen-bond acceptors (Lipinski definition) is 5. The minimum atomic E-state index is -0.369. The number of aromatic nitrogens is 3. The second-order valence-electron chi connectivity index (χ2n) is 7.54. The number of nitrogens with zero attached hydrogens (tertiary/aromatic N) is 3. The highest BCUT2D eigenvalue weighted by Gasteiger charge is 2.25. The lowest BCUT2D eigenvalue weighted by Crippen LogP contribution is -2.15. The van der Waals surface area contributed by atoms with Gasteiger partial charge in [-0.2, -0.15) is 0 Å². The molecule has 0 bridgehead atoms. The summed E-state index contributed by atoms with van der Waals surface area (Å²) in [5.74, 6) is 0.229. The van der Waals surface area contributed by atoms with Crippen LogP contribution < -0.4 is 5.32 Å². The molecule has 0 aliphatic rings. The molecule has 7 heteroatoms. The lowest BCUT2D eigenvalue weighted by atomic mass is 9.96. The Hall–Kier alpha value is -3.42. The largest absolute Gasteiger partial charge is 0.508 e. The zero-order valence-electron chi connectivity index (χ0n) is 16.7. The van der Waals surface area contributed by atoms with Crippen LogP contribution in [0.5, 0.6) is 5.75 Å². The fraction of sp³-hybridized carbons (Fsp3) is 0.0400. The summed E-state index contributed by atoms with van der Waals surface area (Å²) in [4.78, 5) is 9.39. The number of phenolic OH excluding ortho intramolecular Hbond substituents is 1. The molecule has 0 saturated heterocycles. The van der Waals surface area contributed by atoms with Gasteiger partial charge in [-0.15, -0.1) is 0 Å². The highest BCUT2D eigenvalue weighted by molar-refractivity contribution is 9.10. The third-order valence-electron chi connectivity index (χ3n) is 5.59. The summed E-state index contributed by atoms with van der Waals surface area (Å²) in [5.41, 5.74) is 3.48. The van der Waals surface area contributed by atoms with Crippen molar-refractivity contribution in [2.24, 2.45) is 0 Å². The number of benzene rings is 3. The number of thiazole rings is 1. The lowest BCUT2D eigenvalue weighted by molar-refractivity contribution is 0.467. The van der Waals surface area contributed by atoms with E-state index in [-0.39, 0.29) is 11.8 Å². The second kappa shape index (κ2) is 7.62. The second-order valence-corrected chi connectivity index (χ2v) is 9.49. The summed E-state index contributed by atoms with van der Waals surface area (Å²) in [6.07, 6.45) is 3.85. The number of hydrogen-bond donors (Lipinski definition) is 2. The minimum Gasteiger partial charge on any atom is -0.508 e. The number of imidazole rings is 1. The van der Waals surface area contributed by atoms with Gasteiger partial charge in [0.1, 0.15) is 17.4 Å². The zero-order chi connectivity index (χ0) is 21.7. The number of aromatic hydroxyl groups is 1. The molecule has 0 aliphatic heterocycles. The molecule has 1 unspecified atom stereocenters. The van der Waals surface area contributed by atoms with Gasteiger partial charge in [-0.3, -0.25) is 0 Å². The Morgan fingerprint density at radius 3 is 2.72 bits per heavy atom. The van der Waals surface area contributed by atoms with Crippen molar-refractivity contribution < 1.29 is 5.11 Å². The van der Waals surface area contributed by atoms with Crippen LogP contribution in [0.1, 0.15) is 17.3 Å². The maximum absolute atomic E-state index is 11.0. The van der Waals surface area contributed by atoms with Crippen LogP contribution in [-0.2, 0) is 0 Å². The summed E-state index contributed by atoms with van der Waals surface area (Å²) in [7, 11) is 0. The van der Waals surface area contributed by atoms with Crippen LogP contribution in [0.25, 0.3) is 26.6 Å². The van der Waals surface area contributed by atoms with Gasteiger partial charge in [0.25, 0.3) is 0 Å². The molecule has 3 heterocycles. The molecule has 6 aromatic rings. The predicted molar refractivity (Wildman–Crippen MR) is 134 cm³/mol. The van der Waals surface area contributed by atoms with Crippen LogP contribution >= 0.6 is 27.3 Å². The molecule has 2 N–H and O–H groups in total. The Labute approximate surface area is 196 Å². The van der Waals surface area contributed by atoms with Gasteiger partial charge in [0.2, 0.25) is 0 Å². The Balaban J connectivity index is 1.60. The van der Waals surface area contributed by atoms with E-state index in [2.05, 4.69) is 38.4 Å². The molecule has 5 nitrogen and oxygen atoms in total. The van der Waals surface area contributed by atoms with E-state index in [1.807, 2.05) is 71.4 Å². The molecule has 156 valence electrons. The first kappa shape index (κ1) is 19.3. The van der Waals surface area contributed by atoms with Crippen molar-refractivity contribution in [1.82, 2.24) is 14.4 Å². The molecule has 3 aromatic carbocycles. The summed E-state index contributed by atoms with van der Waals surface area (Å²) >= 11 is 5.17. The van der Waals surface area contributed by atoms with E-state index < -0.39 is 0 Å². The summed E-state index contributed by atoms with van der Waals surface area (Å²) < 4.78 is 4.10. The van der Waals surface area contributed by atoms with Gasteiger partial charge >= 0.3 is 0 Å². The van der Waals surface area contributed by atoms with Gasteiger partial charge in [-0.25, -0.2) is 9.97 Å². The maximum Gasteiger partial charge on any atom is 0.184 e. The van der Waals surface area contributed by atoms with Crippen molar-refractivity contribution in [2.45, 2.75) is 6.04 Å². The SMILES string of the molecule is Oc1ccc2ccccc2c1C(Nc1nc2ccccc2s1)c1cnc2ccc(Br)cn12. The van der Waals surface area contributed by atoms with Crippen LogP contribution in [0.3, 0.4) is 0 Å². The van der Waals surface area contributed by atoms with Crippen LogP contribution in [0.15, 0.2) is 89.7 Å². The van der Waals surface area contributed by atoms with Gasteiger partial charge in [-0.1, -0.05) is 53.8 Å². The molecule has 0 saturated carbocycles. The minimum absolute atomic E-state index is 0.229. The van der Waals surface area contributed by atoms with Gasteiger partial charge in [0, 0.05) is 16.2 Å². The summed E-state index contributed by atoms with van der Waals surface area (Å²) in [5, 5.41) is 17.5. The number of halogens is 1. The lowest BCUT2D eigenvalue weighted by Gasteiger charge is -2.21. The Kier molecular flexibility index (Phi) is 4.59. The van der Waals surface area contributed by atoms with Crippen molar-refractivity contribution in [3.8, 4) is 5.75 Å². The molecule has 0 radical (unpaired) electrons. The molecule has 0 amide bonds. The number of rotatable bonds is 4. The first-order chi connectivity index (χ1) is 15.7. The van der Waals surface area contributed by atoms with E-state index in [1.54, 1.807) is 17.4 Å². The van der Waals surface area contributed by atoms with E-state index in [1.165, 1.54) is 0 Å².